The van der Waals surface area contributed by atoms with Crippen molar-refractivity contribution in [1.29, 1.82) is 5.26 Å². The lowest BCUT2D eigenvalue weighted by molar-refractivity contribution is -0.146. The summed E-state index contributed by atoms with van der Waals surface area (Å²) in [4.78, 5) is 21.5. The molecule has 11 heavy (non-hydrogen) atoms. The maximum Gasteiger partial charge on any atom is 0.330 e. The summed E-state index contributed by atoms with van der Waals surface area (Å²) >= 11 is 0. The lowest BCUT2D eigenvalue weighted by Gasteiger charge is -2.02. The molecule has 0 aromatic carbocycles. The Morgan fingerprint density at radius 2 is 2.18 bits per heavy atom. The molecule has 4 heteroatoms. The Labute approximate surface area is 64.8 Å². The fourth-order valence-corrected chi connectivity index (χ4v) is 0.578. The van der Waals surface area contributed by atoms with Crippen molar-refractivity contribution < 1.29 is 14.3 Å². The average Bonchev–Trinajstić information content (AvgIpc) is 2.05. The second-order valence-electron chi connectivity index (χ2n) is 1.91. The van der Waals surface area contributed by atoms with Crippen LogP contribution in [0, 0.1) is 17.2 Å². The molecule has 0 N–H and O–H groups in total. The fourth-order valence-electron chi connectivity index (χ4n) is 0.578. The molecule has 0 aliphatic carbocycles. The Kier molecular flexibility index (Phi) is 3.89. The van der Waals surface area contributed by atoms with Crippen LogP contribution in [0.2, 0.25) is 0 Å². The highest BCUT2D eigenvalue weighted by molar-refractivity contribution is 6.01. The van der Waals surface area contributed by atoms with E-state index in [0.29, 0.717) is 0 Å². The maximum absolute atomic E-state index is 10.8. The first kappa shape index (κ1) is 9.63. The first-order valence-corrected chi connectivity index (χ1v) is 3.17. The zero-order valence-electron chi connectivity index (χ0n) is 6.46. The third-order valence-electron chi connectivity index (χ3n) is 1.24. The van der Waals surface area contributed by atoms with Gasteiger partial charge in [-0.05, 0) is 0 Å². The molecule has 60 valence electrons. The summed E-state index contributed by atoms with van der Waals surface area (Å²) in [5.74, 6) is -2.43. The van der Waals surface area contributed by atoms with E-state index in [1.807, 2.05) is 0 Å². The predicted molar refractivity (Wildman–Crippen MR) is 36.4 cm³/mol. The molecular formula is C7H9NO3. The summed E-state index contributed by atoms with van der Waals surface area (Å²) in [6, 6.07) is 1.58. The van der Waals surface area contributed by atoms with Crippen LogP contribution in [0.1, 0.15) is 13.3 Å². The van der Waals surface area contributed by atoms with Gasteiger partial charge in [0.15, 0.2) is 5.78 Å². The van der Waals surface area contributed by atoms with Gasteiger partial charge in [0, 0.05) is 6.42 Å². The van der Waals surface area contributed by atoms with Crippen molar-refractivity contribution in [2.75, 3.05) is 7.11 Å². The van der Waals surface area contributed by atoms with Crippen molar-refractivity contribution in [3.63, 3.8) is 0 Å². The summed E-state index contributed by atoms with van der Waals surface area (Å²) in [6.07, 6.45) is 0.174. The molecule has 0 saturated heterocycles. The van der Waals surface area contributed by atoms with Gasteiger partial charge in [-0.15, -0.1) is 0 Å². The van der Waals surface area contributed by atoms with E-state index in [0.717, 1.165) is 7.11 Å². The summed E-state index contributed by atoms with van der Waals surface area (Å²) in [7, 11) is 1.15. The van der Waals surface area contributed by atoms with E-state index in [1.165, 1.54) is 0 Å². The molecule has 0 bridgehead atoms. The number of hydrogen-bond acceptors (Lipinski definition) is 4. The van der Waals surface area contributed by atoms with Gasteiger partial charge in [0.25, 0.3) is 0 Å². The van der Waals surface area contributed by atoms with Gasteiger partial charge < -0.3 is 4.74 Å². The van der Waals surface area contributed by atoms with Crippen LogP contribution in [0.15, 0.2) is 0 Å². The number of ketones is 1. The van der Waals surface area contributed by atoms with Crippen LogP contribution >= 0.6 is 0 Å². The Morgan fingerprint density at radius 3 is 2.45 bits per heavy atom. The first-order valence-electron chi connectivity index (χ1n) is 3.17. The van der Waals surface area contributed by atoms with Gasteiger partial charge in [-0.2, -0.15) is 5.26 Å². The van der Waals surface area contributed by atoms with Crippen LogP contribution in [-0.2, 0) is 14.3 Å². The number of esters is 1. The number of carbonyl (C=O) groups excluding carboxylic acids is 2. The Bertz CT molecular complexity index is 188. The second kappa shape index (κ2) is 4.45. The molecular weight excluding hydrogens is 146 g/mol. The van der Waals surface area contributed by atoms with Gasteiger partial charge >= 0.3 is 5.97 Å². The molecule has 0 aliphatic heterocycles. The monoisotopic (exact) mass is 155 g/mol. The van der Waals surface area contributed by atoms with E-state index >= 15 is 0 Å². The van der Waals surface area contributed by atoms with Crippen LogP contribution < -0.4 is 0 Å². The van der Waals surface area contributed by atoms with Crippen molar-refractivity contribution in [2.45, 2.75) is 13.3 Å². The predicted octanol–water partition coefficient (Wildman–Crippen LogP) is 0.278. The maximum atomic E-state index is 10.8. The molecule has 0 aromatic rings. The molecule has 0 saturated carbocycles. The second-order valence-corrected chi connectivity index (χ2v) is 1.91. The normalized spacial score (nSPS) is 11.4. The molecule has 1 atom stereocenters. The molecule has 0 radical (unpaired) electrons. The van der Waals surface area contributed by atoms with E-state index in [9.17, 15) is 9.59 Å². The Hall–Kier alpha value is -1.37. The number of nitriles is 1. The molecule has 0 heterocycles. The van der Waals surface area contributed by atoms with Crippen molar-refractivity contribution in [2.24, 2.45) is 5.92 Å². The number of ether oxygens (including phenoxy) is 1. The Balaban J connectivity index is 4.31. The average molecular weight is 155 g/mol. The van der Waals surface area contributed by atoms with Crippen molar-refractivity contribution in [1.82, 2.24) is 0 Å². The third kappa shape index (κ3) is 2.38. The highest BCUT2D eigenvalue weighted by Gasteiger charge is 2.25. The van der Waals surface area contributed by atoms with Gasteiger partial charge in [0.1, 0.15) is 0 Å². The number of carbonyl (C=O) groups is 2. The van der Waals surface area contributed by atoms with E-state index in [1.54, 1.807) is 13.0 Å². The van der Waals surface area contributed by atoms with Crippen LogP contribution in [0.5, 0.6) is 0 Å². The van der Waals surface area contributed by atoms with Crippen LogP contribution in [0.4, 0.5) is 0 Å². The Morgan fingerprint density at radius 1 is 1.64 bits per heavy atom. The van der Waals surface area contributed by atoms with Gasteiger partial charge in [0.05, 0.1) is 13.2 Å². The lowest BCUT2D eigenvalue weighted by atomic mass is 10.0. The molecule has 0 rings (SSSR count). The summed E-state index contributed by atoms with van der Waals surface area (Å²) in [5.41, 5.74) is 0. The van der Waals surface area contributed by atoms with Crippen molar-refractivity contribution in [3.05, 3.63) is 0 Å². The standard InChI is InChI=1S/C7H9NO3/c1-3-6(9)5(4-8)7(10)11-2/h5H,3H2,1-2H3. The zero-order chi connectivity index (χ0) is 8.85. The minimum Gasteiger partial charge on any atom is -0.468 e. The third-order valence-corrected chi connectivity index (χ3v) is 1.24. The molecule has 0 aromatic heterocycles. The van der Waals surface area contributed by atoms with E-state index < -0.39 is 17.7 Å². The molecule has 0 fully saturated rings. The van der Waals surface area contributed by atoms with E-state index in [-0.39, 0.29) is 6.42 Å². The van der Waals surface area contributed by atoms with Gasteiger partial charge in [-0.25, -0.2) is 0 Å². The van der Waals surface area contributed by atoms with Gasteiger partial charge in [-0.3, -0.25) is 9.59 Å². The number of methoxy groups -OCH3 is 1. The number of hydrogen-bond donors (Lipinski definition) is 0. The minimum atomic E-state index is -1.25. The van der Waals surface area contributed by atoms with Crippen LogP contribution in [0.25, 0.3) is 0 Å². The highest BCUT2D eigenvalue weighted by atomic mass is 16.5. The van der Waals surface area contributed by atoms with Crippen molar-refractivity contribution >= 4 is 11.8 Å². The molecule has 0 spiro atoms. The smallest absolute Gasteiger partial charge is 0.330 e. The minimum absolute atomic E-state index is 0.174. The van der Waals surface area contributed by atoms with Crippen LogP contribution in [0.3, 0.4) is 0 Å². The summed E-state index contributed by atoms with van der Waals surface area (Å²) in [6.45, 7) is 1.59. The number of Topliss-reactive ketones (excluding diaryl/α,β-unsaturated/α-hetero) is 1. The highest BCUT2D eigenvalue weighted by Crippen LogP contribution is 2.01. The first-order chi connectivity index (χ1) is 5.17. The van der Waals surface area contributed by atoms with Crippen LogP contribution in [-0.4, -0.2) is 18.9 Å². The number of nitrogens with zero attached hydrogens (tertiary/aromatic N) is 1. The molecule has 1 unspecified atom stereocenters. The molecule has 0 amide bonds. The van der Waals surface area contributed by atoms with Gasteiger partial charge in [0.2, 0.25) is 5.92 Å². The van der Waals surface area contributed by atoms with E-state index in [4.69, 9.17) is 5.26 Å². The molecule has 0 aliphatic rings. The quantitative estimate of drug-likeness (QED) is 0.433. The summed E-state index contributed by atoms with van der Waals surface area (Å²) < 4.78 is 4.24. The topological polar surface area (TPSA) is 67.2 Å². The van der Waals surface area contributed by atoms with Crippen molar-refractivity contribution in [3.8, 4) is 6.07 Å². The number of rotatable bonds is 3. The zero-order valence-corrected chi connectivity index (χ0v) is 6.46. The fraction of sp³-hybridized carbons (Fsp3) is 0.571. The van der Waals surface area contributed by atoms with E-state index in [2.05, 4.69) is 4.74 Å². The SMILES string of the molecule is CCC(=O)C(C#N)C(=O)OC. The van der Waals surface area contributed by atoms with Gasteiger partial charge in [-0.1, -0.05) is 6.92 Å². The summed E-state index contributed by atoms with van der Waals surface area (Å²) in [5, 5.41) is 8.36. The lowest BCUT2D eigenvalue weighted by Crippen LogP contribution is -2.22. The molecule has 4 nitrogen and oxygen atoms in total. The largest absolute Gasteiger partial charge is 0.468 e.